The third kappa shape index (κ3) is 3.09. The minimum absolute atomic E-state index is 0.0811. The first kappa shape index (κ1) is 15.2. The highest BCUT2D eigenvalue weighted by molar-refractivity contribution is 7.80. The smallest absolute Gasteiger partial charge is 0.306 e. The van der Waals surface area contributed by atoms with Gasteiger partial charge in [-0.2, -0.15) is 0 Å². The Morgan fingerprint density at radius 1 is 1.25 bits per heavy atom. The van der Waals surface area contributed by atoms with E-state index in [1.54, 1.807) is 0 Å². The van der Waals surface area contributed by atoms with E-state index in [2.05, 4.69) is 9.64 Å². The summed E-state index contributed by atoms with van der Waals surface area (Å²) in [6.07, 6.45) is 1.95. The van der Waals surface area contributed by atoms with Crippen LogP contribution in [0.4, 0.5) is 0 Å². The summed E-state index contributed by atoms with van der Waals surface area (Å²) in [4.78, 5) is 27.9. The molecule has 0 radical (unpaired) electrons. The number of amides is 1. The van der Waals surface area contributed by atoms with Gasteiger partial charge in [-0.25, -0.2) is 0 Å². The first-order chi connectivity index (χ1) is 9.49. The molecule has 6 nitrogen and oxygen atoms in total. The Bertz CT molecular complexity index is 415. The molecular formula is C13H21N3O3S. The molecule has 1 heterocycles. The van der Waals surface area contributed by atoms with Crippen LogP contribution in [0.25, 0.3) is 0 Å². The first-order valence-corrected chi connectivity index (χ1v) is 7.29. The molecule has 0 bridgehead atoms. The Morgan fingerprint density at radius 3 is 2.30 bits per heavy atom. The number of hydrogen-bond donors (Lipinski definition) is 1. The van der Waals surface area contributed by atoms with E-state index in [1.807, 2.05) is 4.90 Å². The Morgan fingerprint density at radius 2 is 1.85 bits per heavy atom. The van der Waals surface area contributed by atoms with Crippen molar-refractivity contribution in [2.75, 3.05) is 39.8 Å². The predicted molar refractivity (Wildman–Crippen MR) is 78.1 cm³/mol. The van der Waals surface area contributed by atoms with Crippen LogP contribution in [0.2, 0.25) is 0 Å². The van der Waals surface area contributed by atoms with E-state index in [9.17, 15) is 9.59 Å². The average Bonchev–Trinajstić information content (AvgIpc) is 3.26. The second-order valence-electron chi connectivity index (χ2n) is 5.41. The fourth-order valence-electron chi connectivity index (χ4n) is 2.52. The normalized spacial score (nSPS) is 21.4. The average molecular weight is 299 g/mol. The van der Waals surface area contributed by atoms with E-state index in [0.717, 1.165) is 25.9 Å². The van der Waals surface area contributed by atoms with Gasteiger partial charge < -0.3 is 15.4 Å². The molecule has 2 rings (SSSR count). The van der Waals surface area contributed by atoms with Crippen molar-refractivity contribution >= 4 is 29.1 Å². The number of hydrogen-bond acceptors (Lipinski definition) is 5. The lowest BCUT2D eigenvalue weighted by Crippen LogP contribution is -2.52. The number of rotatable bonds is 5. The van der Waals surface area contributed by atoms with E-state index in [1.165, 1.54) is 7.11 Å². The molecule has 1 saturated heterocycles. The molecule has 1 aliphatic heterocycles. The number of methoxy groups -OCH3 is 1. The van der Waals surface area contributed by atoms with E-state index < -0.39 is 5.41 Å². The number of thiocarbonyl (C=S) groups is 1. The van der Waals surface area contributed by atoms with Crippen LogP contribution in [0.1, 0.15) is 19.3 Å². The highest BCUT2D eigenvalue weighted by atomic mass is 32.1. The molecule has 2 aliphatic rings. The quantitative estimate of drug-likeness (QED) is 0.558. The Balaban J connectivity index is 1.78. The van der Waals surface area contributed by atoms with E-state index in [4.69, 9.17) is 18.0 Å². The summed E-state index contributed by atoms with van der Waals surface area (Å²) in [6.45, 7) is 3.57. The molecule has 0 atom stereocenters. The van der Waals surface area contributed by atoms with Crippen molar-refractivity contribution in [2.24, 2.45) is 11.1 Å². The molecule has 1 aliphatic carbocycles. The van der Waals surface area contributed by atoms with Crippen LogP contribution in [0.5, 0.6) is 0 Å². The van der Waals surface area contributed by atoms with E-state index in [-0.39, 0.29) is 11.9 Å². The third-order valence-electron chi connectivity index (χ3n) is 4.15. The summed E-state index contributed by atoms with van der Waals surface area (Å²) in [5.41, 5.74) is 5.13. The minimum atomic E-state index is -0.552. The minimum Gasteiger partial charge on any atom is -0.469 e. The molecule has 112 valence electrons. The molecule has 20 heavy (non-hydrogen) atoms. The summed E-state index contributed by atoms with van der Waals surface area (Å²) in [6, 6.07) is 0. The van der Waals surface area contributed by atoms with Crippen molar-refractivity contribution in [3.05, 3.63) is 0 Å². The molecule has 0 spiro atoms. The van der Waals surface area contributed by atoms with E-state index in [0.29, 0.717) is 31.0 Å². The zero-order valence-corrected chi connectivity index (χ0v) is 12.6. The molecule has 7 heteroatoms. The summed E-state index contributed by atoms with van der Waals surface area (Å²) < 4.78 is 4.62. The van der Waals surface area contributed by atoms with E-state index >= 15 is 0 Å². The van der Waals surface area contributed by atoms with Crippen LogP contribution in [-0.2, 0) is 14.3 Å². The van der Waals surface area contributed by atoms with Crippen LogP contribution in [0.15, 0.2) is 0 Å². The molecule has 2 fully saturated rings. The summed E-state index contributed by atoms with van der Waals surface area (Å²) in [5, 5.41) is 0. The Labute approximate surface area is 124 Å². The number of esters is 1. The lowest BCUT2D eigenvalue weighted by atomic mass is 10.1. The van der Waals surface area contributed by atoms with Crippen LogP contribution in [0.3, 0.4) is 0 Å². The van der Waals surface area contributed by atoms with Crippen molar-refractivity contribution in [3.8, 4) is 0 Å². The predicted octanol–water partition coefficient (Wildman–Crippen LogP) is -0.240. The molecule has 0 aromatic carbocycles. The largest absolute Gasteiger partial charge is 0.469 e. The van der Waals surface area contributed by atoms with Crippen LogP contribution in [0, 0.1) is 5.41 Å². The number of carbonyl (C=O) groups is 2. The molecule has 1 amide bonds. The fourth-order valence-corrected chi connectivity index (χ4v) is 2.81. The maximum Gasteiger partial charge on any atom is 0.306 e. The Hall–Kier alpha value is -1.21. The number of carbonyl (C=O) groups excluding carboxylic acids is 2. The number of ether oxygens (including phenoxy) is 1. The first-order valence-electron chi connectivity index (χ1n) is 6.88. The van der Waals surface area contributed by atoms with Gasteiger partial charge in [-0.1, -0.05) is 12.2 Å². The lowest BCUT2D eigenvalue weighted by Gasteiger charge is -2.36. The molecule has 0 aromatic heterocycles. The number of nitrogens with two attached hydrogens (primary N) is 1. The van der Waals surface area contributed by atoms with Gasteiger partial charge in [0.15, 0.2) is 0 Å². The zero-order chi connectivity index (χ0) is 14.8. The standard InChI is InChI=1S/C13H21N3O3S/c1-19-10(17)2-5-15-6-8-16(9-7-15)12(18)13(3-4-13)11(14)20/h2-9H2,1H3,(H2,14,20). The number of piperazine rings is 1. The van der Waals surface area contributed by atoms with Gasteiger partial charge in [-0.3, -0.25) is 14.5 Å². The fraction of sp³-hybridized carbons (Fsp3) is 0.769. The zero-order valence-electron chi connectivity index (χ0n) is 11.8. The van der Waals surface area contributed by atoms with Gasteiger partial charge in [0.05, 0.1) is 23.9 Å². The van der Waals surface area contributed by atoms with Crippen molar-refractivity contribution in [1.82, 2.24) is 9.80 Å². The Kier molecular flexibility index (Phi) is 4.59. The molecule has 0 aromatic rings. The molecular weight excluding hydrogens is 278 g/mol. The monoisotopic (exact) mass is 299 g/mol. The summed E-state index contributed by atoms with van der Waals surface area (Å²) in [7, 11) is 1.39. The van der Waals surface area contributed by atoms with Gasteiger partial charge in [0.25, 0.3) is 0 Å². The van der Waals surface area contributed by atoms with Gasteiger partial charge in [-0.15, -0.1) is 0 Å². The molecule has 2 N–H and O–H groups in total. The highest BCUT2D eigenvalue weighted by Gasteiger charge is 2.54. The van der Waals surface area contributed by atoms with Gasteiger partial charge in [-0.05, 0) is 12.8 Å². The third-order valence-corrected chi connectivity index (χ3v) is 4.54. The topological polar surface area (TPSA) is 75.9 Å². The highest BCUT2D eigenvalue weighted by Crippen LogP contribution is 2.47. The lowest BCUT2D eigenvalue weighted by molar-refractivity contribution is -0.142. The van der Waals surface area contributed by atoms with Crippen LogP contribution < -0.4 is 5.73 Å². The van der Waals surface area contributed by atoms with Gasteiger partial charge in [0.2, 0.25) is 5.91 Å². The van der Waals surface area contributed by atoms with Gasteiger partial charge in [0.1, 0.15) is 0 Å². The van der Waals surface area contributed by atoms with Crippen molar-refractivity contribution in [3.63, 3.8) is 0 Å². The maximum atomic E-state index is 12.4. The van der Waals surface area contributed by atoms with Crippen LogP contribution >= 0.6 is 12.2 Å². The van der Waals surface area contributed by atoms with Crippen molar-refractivity contribution < 1.29 is 14.3 Å². The van der Waals surface area contributed by atoms with Gasteiger partial charge in [0, 0.05) is 32.7 Å². The molecule has 0 unspecified atom stereocenters. The summed E-state index contributed by atoms with van der Waals surface area (Å²) >= 11 is 5.01. The number of nitrogens with zero attached hydrogens (tertiary/aromatic N) is 2. The second-order valence-corrected chi connectivity index (χ2v) is 5.85. The maximum absolute atomic E-state index is 12.4. The van der Waals surface area contributed by atoms with Crippen molar-refractivity contribution in [2.45, 2.75) is 19.3 Å². The van der Waals surface area contributed by atoms with Crippen molar-refractivity contribution in [1.29, 1.82) is 0 Å². The second kappa shape index (κ2) is 6.05. The molecule has 1 saturated carbocycles. The summed E-state index contributed by atoms with van der Waals surface area (Å²) in [5.74, 6) is -0.119. The van der Waals surface area contributed by atoms with Crippen LogP contribution in [-0.4, -0.2) is 66.5 Å². The SMILES string of the molecule is COC(=O)CCN1CCN(C(=O)C2(C(N)=S)CC2)CC1. The van der Waals surface area contributed by atoms with Gasteiger partial charge >= 0.3 is 5.97 Å².